The number of fused-ring (bicyclic) bond motifs is 12. The minimum Gasteiger partial charge on any atom is -0.256 e. The first kappa shape index (κ1) is 42.7. The normalized spacial score (nSPS) is 13.0. The molecule has 16 rings (SSSR count). The Morgan fingerprint density at radius 1 is 0.274 bits per heavy atom. The zero-order valence-corrected chi connectivity index (χ0v) is 45.1. The number of hydrogen-bond donors (Lipinski definition) is 0. The number of pyridine rings is 5. The second-order valence-corrected chi connectivity index (χ2v) is 21.3. The number of rotatable bonds is 9. The van der Waals surface area contributed by atoms with E-state index in [-0.39, 0.29) is 11.1 Å². The number of nitrogens with zero attached hydrogens (tertiary/aromatic N) is 7. The molecule has 394 valence electrons. The lowest BCUT2D eigenvalue weighted by Gasteiger charge is -2.18. The van der Waals surface area contributed by atoms with Crippen LogP contribution >= 0.6 is 0 Å². The molecular weight excluding hydrogens is 1020 g/mol. The molecule has 0 aliphatic carbocycles. The van der Waals surface area contributed by atoms with Crippen LogP contribution in [0.1, 0.15) is 19.4 Å². The highest BCUT2D eigenvalue weighted by Crippen LogP contribution is 2.44. The van der Waals surface area contributed by atoms with Gasteiger partial charge in [0, 0.05) is 53.9 Å². The van der Waals surface area contributed by atoms with Crippen LogP contribution in [0.15, 0.2) is 274 Å². The van der Waals surface area contributed by atoms with Gasteiger partial charge >= 0.3 is 0 Å². The van der Waals surface area contributed by atoms with Crippen molar-refractivity contribution < 1.29 is 8.22 Å². The van der Waals surface area contributed by atoms with Crippen LogP contribution in [-0.4, -0.2) is 34.2 Å². The van der Waals surface area contributed by atoms with Crippen LogP contribution in [0.2, 0.25) is 0 Å². The van der Waals surface area contributed by atoms with E-state index in [1.807, 2.05) is 24.4 Å². The minimum atomic E-state index is -2.38. The van der Waals surface area contributed by atoms with Crippen molar-refractivity contribution in [2.24, 2.45) is 0 Å². The molecule has 16 aromatic rings. The Labute approximate surface area is 493 Å². The molecule has 0 atom stereocenters. The molecule has 84 heavy (non-hydrogen) atoms. The Balaban J connectivity index is 0.841. The van der Waals surface area contributed by atoms with Crippen LogP contribution in [0.4, 0.5) is 0 Å². The first-order valence-corrected chi connectivity index (χ1v) is 27.9. The third kappa shape index (κ3) is 8.16. The van der Waals surface area contributed by atoms with E-state index < -0.39 is 13.7 Å². The molecule has 0 unspecified atom stereocenters. The van der Waals surface area contributed by atoms with Crippen LogP contribution in [0.5, 0.6) is 0 Å². The number of hydrogen-bond acceptors (Lipinski definition) is 5. The number of benzene rings is 9. The van der Waals surface area contributed by atoms with E-state index in [1.54, 1.807) is 46.0 Å². The molecule has 0 amide bonds. The van der Waals surface area contributed by atoms with Gasteiger partial charge in [0.05, 0.1) is 51.2 Å². The molecule has 0 saturated heterocycles. The maximum Gasteiger partial charge on any atom is 0.0968 e. The van der Waals surface area contributed by atoms with Crippen molar-refractivity contribution in [2.45, 2.75) is 13.7 Å². The van der Waals surface area contributed by atoms with Crippen molar-refractivity contribution >= 4 is 54.6 Å². The molecule has 0 bridgehead atoms. The van der Waals surface area contributed by atoms with Crippen LogP contribution in [0.25, 0.3) is 155 Å². The molecule has 7 heterocycles. The Morgan fingerprint density at radius 3 is 1.15 bits per heavy atom. The van der Waals surface area contributed by atoms with Gasteiger partial charge in [-0.2, -0.15) is 10.2 Å². The molecular formula is C77H51N7. The van der Waals surface area contributed by atoms with Gasteiger partial charge in [0.2, 0.25) is 0 Å². The SMILES string of the molecule is [2H]C([2H])([2H])c1ccnc2c3ccc(-c4ccccc4-c4cc(-c5ccccc5-c5ccc(-c6cc(-c7ccc(-c8ccccc8)cc7)ccn6)cc5)cc(-c5ccccc5-c5ccc6c(c5)c5ccnn5c5c(C([2H])([2H])[2H])ccnc65)c4)cc3c3ccnn3c12. The lowest BCUT2D eigenvalue weighted by atomic mass is 9.86. The molecule has 0 N–H and O–H groups in total. The fourth-order valence-corrected chi connectivity index (χ4v) is 12.5. The Morgan fingerprint density at radius 2 is 0.667 bits per heavy atom. The van der Waals surface area contributed by atoms with Gasteiger partial charge < -0.3 is 0 Å². The first-order chi connectivity index (χ1) is 43.9. The summed E-state index contributed by atoms with van der Waals surface area (Å²) >= 11 is 0. The fraction of sp³-hybridized carbons (Fsp3) is 0.0260. The van der Waals surface area contributed by atoms with Gasteiger partial charge in [-0.1, -0.05) is 176 Å². The van der Waals surface area contributed by atoms with Crippen LogP contribution in [0, 0.1) is 13.7 Å². The molecule has 0 fully saturated rings. The Kier molecular flexibility index (Phi) is 10.1. The lowest BCUT2D eigenvalue weighted by molar-refractivity contribution is 1.000. The van der Waals surface area contributed by atoms with Gasteiger partial charge in [-0.25, -0.2) is 9.03 Å². The maximum atomic E-state index is 8.42. The van der Waals surface area contributed by atoms with Crippen molar-refractivity contribution in [2.75, 3.05) is 0 Å². The summed E-state index contributed by atoms with van der Waals surface area (Å²) in [7, 11) is 0. The second kappa shape index (κ2) is 19.8. The van der Waals surface area contributed by atoms with Gasteiger partial charge in [-0.15, -0.1) is 0 Å². The van der Waals surface area contributed by atoms with E-state index in [0.29, 0.717) is 22.1 Å². The fourth-order valence-electron chi connectivity index (χ4n) is 12.5. The predicted molar refractivity (Wildman–Crippen MR) is 346 cm³/mol. The third-order valence-corrected chi connectivity index (χ3v) is 16.5. The summed E-state index contributed by atoms with van der Waals surface area (Å²) in [4.78, 5) is 14.4. The van der Waals surface area contributed by atoms with Crippen LogP contribution in [0.3, 0.4) is 0 Å². The summed E-state index contributed by atoms with van der Waals surface area (Å²) in [6.07, 6.45) is 8.43. The Bertz CT molecular complexity index is 5290. The maximum absolute atomic E-state index is 8.42. The summed E-state index contributed by atoms with van der Waals surface area (Å²) in [6, 6.07) is 84.0. The average Bonchev–Trinajstić information content (AvgIpc) is 1.37. The monoisotopic (exact) mass is 1080 g/mol. The van der Waals surface area contributed by atoms with Gasteiger partial charge in [0.25, 0.3) is 0 Å². The standard InChI is InChI=1S/C77H51N7/c1-48-32-37-79-74-67-30-28-56(45-69(67)72-35-40-81-83(72)76(48)74)62-15-7-10-18-65(62)59-42-58(43-60(44-59)66-19-11-8-16-63(66)57-29-31-68-70(46-57)73-36-41-82-84(73)77-49(2)33-38-80-75(68)77)64-17-9-6-14-61(64)53-24-26-54(27-25-53)71-47-55(34-39-78-71)52-22-20-51(21-23-52)50-12-4-3-5-13-50/h3-47H,1-2H3/i1D3,2D3. The van der Waals surface area contributed by atoms with Crippen molar-refractivity contribution in [1.29, 1.82) is 0 Å². The molecule has 9 aromatic carbocycles. The smallest absolute Gasteiger partial charge is 0.0968 e. The van der Waals surface area contributed by atoms with E-state index in [1.165, 1.54) is 11.1 Å². The summed E-state index contributed by atoms with van der Waals surface area (Å²) in [5.41, 5.74) is 22.7. The predicted octanol–water partition coefficient (Wildman–Crippen LogP) is 19.4. The minimum absolute atomic E-state index is 0.196. The van der Waals surface area contributed by atoms with Crippen LogP contribution in [-0.2, 0) is 0 Å². The van der Waals surface area contributed by atoms with E-state index in [0.717, 1.165) is 122 Å². The Hall–Kier alpha value is -11.2. The van der Waals surface area contributed by atoms with E-state index in [4.69, 9.17) is 23.2 Å². The third-order valence-electron chi connectivity index (χ3n) is 16.5. The average molecular weight is 1080 g/mol. The quantitative estimate of drug-likeness (QED) is 0.135. The van der Waals surface area contributed by atoms with Gasteiger partial charge in [-0.3, -0.25) is 15.0 Å². The molecule has 7 aromatic heterocycles. The molecule has 0 saturated carbocycles. The van der Waals surface area contributed by atoms with Gasteiger partial charge in [0.1, 0.15) is 0 Å². The highest BCUT2D eigenvalue weighted by atomic mass is 15.2. The molecule has 0 aliphatic rings. The zero-order valence-electron chi connectivity index (χ0n) is 51.1. The molecule has 7 heteroatoms. The van der Waals surface area contributed by atoms with Crippen molar-refractivity contribution in [1.82, 2.24) is 34.2 Å². The van der Waals surface area contributed by atoms with Crippen LogP contribution < -0.4 is 0 Å². The largest absolute Gasteiger partial charge is 0.256 e. The number of aromatic nitrogens is 7. The summed E-state index contributed by atoms with van der Waals surface area (Å²) < 4.78 is 54.0. The first-order valence-electron chi connectivity index (χ1n) is 30.9. The molecule has 0 radical (unpaired) electrons. The highest BCUT2D eigenvalue weighted by Gasteiger charge is 2.20. The highest BCUT2D eigenvalue weighted by molar-refractivity contribution is 6.14. The van der Waals surface area contributed by atoms with E-state index in [9.17, 15) is 0 Å². The molecule has 0 spiro atoms. The summed E-state index contributed by atoms with van der Waals surface area (Å²) in [5.74, 6) is 0. The number of aryl methyl sites for hydroxylation is 2. The van der Waals surface area contributed by atoms with Gasteiger partial charge in [-0.05, 0) is 181 Å². The van der Waals surface area contributed by atoms with Gasteiger partial charge in [0.15, 0.2) is 0 Å². The molecule has 0 aliphatic heterocycles. The lowest BCUT2D eigenvalue weighted by Crippen LogP contribution is -1.97. The van der Waals surface area contributed by atoms with Crippen molar-refractivity contribution in [3.8, 4) is 100 Å². The van der Waals surface area contributed by atoms with Crippen molar-refractivity contribution in [3.05, 3.63) is 285 Å². The topological polar surface area (TPSA) is 73.3 Å². The van der Waals surface area contributed by atoms with E-state index in [2.05, 4.69) is 223 Å². The van der Waals surface area contributed by atoms with Crippen molar-refractivity contribution in [3.63, 3.8) is 0 Å². The second-order valence-electron chi connectivity index (χ2n) is 21.3. The zero-order chi connectivity index (χ0) is 60.8. The molecule has 7 nitrogen and oxygen atoms in total. The summed E-state index contributed by atoms with van der Waals surface area (Å²) in [6.45, 7) is -4.75. The summed E-state index contributed by atoms with van der Waals surface area (Å²) in [5, 5.41) is 12.8. The van der Waals surface area contributed by atoms with E-state index >= 15 is 0 Å².